The highest BCUT2D eigenvalue weighted by Crippen LogP contribution is 2.42. The predicted octanol–water partition coefficient (Wildman–Crippen LogP) is 5.81. The Morgan fingerprint density at radius 1 is 0.804 bits per heavy atom. The zero-order valence-corrected chi connectivity index (χ0v) is 27.2. The lowest BCUT2D eigenvalue weighted by Crippen LogP contribution is -2.41. The van der Waals surface area contributed by atoms with Crippen LogP contribution in [0.15, 0.2) is 84.9 Å². The molecule has 4 N–H and O–H groups in total. The molecule has 6 atom stereocenters. The first-order valence-corrected chi connectivity index (χ1v) is 16.6. The average molecular weight is 709 g/mol. The maximum atomic E-state index is 14.9. The van der Waals surface area contributed by atoms with E-state index in [1.54, 1.807) is 60.7 Å². The molecule has 3 heterocycles. The molecule has 2 aliphatic rings. The van der Waals surface area contributed by atoms with Crippen LogP contribution in [0.3, 0.4) is 0 Å². The van der Waals surface area contributed by atoms with E-state index in [9.17, 15) is 42.2 Å². The van der Waals surface area contributed by atoms with Crippen LogP contribution in [-0.4, -0.2) is 64.0 Å². The zero-order valence-electron chi connectivity index (χ0n) is 27.2. The van der Waals surface area contributed by atoms with Crippen LogP contribution in [0.2, 0.25) is 0 Å². The van der Waals surface area contributed by atoms with E-state index >= 15 is 0 Å². The normalized spacial score (nSPS) is 22.1. The Balaban J connectivity index is 1.44. The minimum Gasteiger partial charge on any atom is -0.462 e. The van der Waals surface area contributed by atoms with Crippen LogP contribution < -0.4 is 5.32 Å². The number of aromatic amines is 1. The summed E-state index contributed by atoms with van der Waals surface area (Å²) in [6.07, 6.45) is -9.71. The molecular weight excluding hydrogens is 672 g/mol. The number of benzene rings is 3. The van der Waals surface area contributed by atoms with Crippen molar-refractivity contribution in [2.24, 2.45) is 0 Å². The molecule has 268 valence electrons. The molecule has 1 aromatic heterocycles. The van der Waals surface area contributed by atoms with E-state index in [1.165, 1.54) is 12.1 Å². The molecule has 6 unspecified atom stereocenters. The third kappa shape index (κ3) is 8.32. The van der Waals surface area contributed by atoms with Crippen LogP contribution in [0.5, 0.6) is 0 Å². The fraction of sp³-hybridized carbons (Fsp3) is 0.342. The van der Waals surface area contributed by atoms with Gasteiger partial charge in [-0.25, -0.2) is 4.39 Å². The Kier molecular flexibility index (Phi) is 10.6. The van der Waals surface area contributed by atoms with Gasteiger partial charge >= 0.3 is 18.1 Å². The molecule has 3 aromatic carbocycles. The molecule has 13 heteroatoms. The molecule has 2 aliphatic heterocycles. The van der Waals surface area contributed by atoms with Crippen molar-refractivity contribution in [3.05, 3.63) is 119 Å². The first kappa shape index (κ1) is 35.8. The van der Waals surface area contributed by atoms with Crippen LogP contribution in [-0.2, 0) is 31.7 Å². The highest BCUT2D eigenvalue weighted by atomic mass is 19.4. The number of nitrogens with one attached hydrogen (secondary N) is 2. The number of amides is 1. The molecular formula is C38H36F4N2O7. The fourth-order valence-electron chi connectivity index (χ4n) is 7.02. The standard InChI is InChI=1S/C38H36F4N2O7/c39-24-13-11-23(12-14-24)35-34(37(49)43-20-29(22-9-5-2-6-10-22)31-16-26(46)18-33(48)51-31)28(36(44-35)38(40,41)42)19-27(21-7-3-1-4-8-21)30-15-25(45)17-32(47)50-30/h1-14,25-27,29-31,44-46H,15-20H2,(H,43,49). The summed E-state index contributed by atoms with van der Waals surface area (Å²) in [6.45, 7) is -0.184. The number of cyclic esters (lactones) is 2. The van der Waals surface area contributed by atoms with Gasteiger partial charge in [-0.2, -0.15) is 13.2 Å². The molecule has 6 rings (SSSR count). The monoisotopic (exact) mass is 708 g/mol. The van der Waals surface area contributed by atoms with Crippen LogP contribution in [0.1, 0.15) is 70.3 Å². The molecule has 2 saturated heterocycles. The summed E-state index contributed by atoms with van der Waals surface area (Å²) in [6, 6.07) is 21.8. The maximum absolute atomic E-state index is 14.9. The number of aromatic nitrogens is 1. The second-order valence-corrected chi connectivity index (χ2v) is 12.9. The van der Waals surface area contributed by atoms with Gasteiger partial charge < -0.3 is 30.0 Å². The molecule has 51 heavy (non-hydrogen) atoms. The van der Waals surface area contributed by atoms with Crippen molar-refractivity contribution < 1.29 is 51.6 Å². The zero-order chi connectivity index (χ0) is 36.3. The van der Waals surface area contributed by atoms with E-state index < -0.39 is 83.8 Å². The number of hydrogen-bond acceptors (Lipinski definition) is 7. The number of aliphatic hydroxyl groups is 2. The van der Waals surface area contributed by atoms with Gasteiger partial charge in [-0.15, -0.1) is 0 Å². The van der Waals surface area contributed by atoms with Gasteiger partial charge in [0.25, 0.3) is 5.91 Å². The van der Waals surface area contributed by atoms with Gasteiger partial charge in [-0.05, 0) is 52.9 Å². The Hall–Kier alpha value is -5.01. The number of rotatable bonds is 10. The van der Waals surface area contributed by atoms with Gasteiger partial charge in [0.05, 0.1) is 36.3 Å². The van der Waals surface area contributed by atoms with E-state index in [-0.39, 0.29) is 49.0 Å². The van der Waals surface area contributed by atoms with Crippen molar-refractivity contribution >= 4 is 17.8 Å². The molecule has 2 fully saturated rings. The molecule has 0 spiro atoms. The predicted molar refractivity (Wildman–Crippen MR) is 176 cm³/mol. The summed E-state index contributed by atoms with van der Waals surface area (Å²) < 4.78 is 70.0. The quantitative estimate of drug-likeness (QED) is 0.121. The number of alkyl halides is 3. The Bertz CT molecular complexity index is 1850. The minimum absolute atomic E-state index is 0.0336. The molecule has 9 nitrogen and oxygen atoms in total. The van der Waals surface area contributed by atoms with Crippen molar-refractivity contribution in [2.75, 3.05) is 6.54 Å². The number of esters is 2. The second-order valence-electron chi connectivity index (χ2n) is 12.9. The molecule has 0 radical (unpaired) electrons. The summed E-state index contributed by atoms with van der Waals surface area (Å²) in [5, 5.41) is 23.5. The summed E-state index contributed by atoms with van der Waals surface area (Å²) in [5.41, 5.74) is -0.897. The molecule has 4 aromatic rings. The summed E-state index contributed by atoms with van der Waals surface area (Å²) in [5.74, 6) is -4.43. The van der Waals surface area contributed by atoms with Crippen LogP contribution >= 0.6 is 0 Å². The van der Waals surface area contributed by atoms with Crippen LogP contribution in [0.25, 0.3) is 11.3 Å². The first-order chi connectivity index (χ1) is 24.4. The van der Waals surface area contributed by atoms with Gasteiger partial charge in [0, 0.05) is 31.2 Å². The van der Waals surface area contributed by atoms with Crippen molar-refractivity contribution in [3.8, 4) is 11.3 Å². The number of hydrogen-bond donors (Lipinski definition) is 4. The first-order valence-electron chi connectivity index (χ1n) is 16.6. The molecule has 0 aliphatic carbocycles. The Labute approximate surface area is 290 Å². The van der Waals surface area contributed by atoms with Crippen molar-refractivity contribution in [3.63, 3.8) is 0 Å². The van der Waals surface area contributed by atoms with Crippen LogP contribution in [0.4, 0.5) is 17.6 Å². The third-order valence-electron chi connectivity index (χ3n) is 9.39. The smallest absolute Gasteiger partial charge is 0.431 e. The number of halogens is 4. The minimum atomic E-state index is -4.98. The highest BCUT2D eigenvalue weighted by molar-refractivity contribution is 6.02. The van der Waals surface area contributed by atoms with E-state index in [0.717, 1.165) is 12.1 Å². The number of carbonyl (C=O) groups is 3. The van der Waals surface area contributed by atoms with Crippen LogP contribution in [0, 0.1) is 5.82 Å². The van der Waals surface area contributed by atoms with Gasteiger partial charge in [0.2, 0.25) is 0 Å². The lowest BCUT2D eigenvalue weighted by atomic mass is 9.82. The van der Waals surface area contributed by atoms with Gasteiger partial charge in [-0.3, -0.25) is 14.4 Å². The number of aliphatic hydroxyl groups excluding tert-OH is 2. The fourth-order valence-corrected chi connectivity index (χ4v) is 7.02. The van der Waals surface area contributed by atoms with E-state index in [1.807, 2.05) is 0 Å². The second kappa shape index (κ2) is 15.1. The van der Waals surface area contributed by atoms with Crippen molar-refractivity contribution in [2.45, 2.75) is 74.5 Å². The number of carbonyl (C=O) groups excluding carboxylic acids is 3. The van der Waals surface area contributed by atoms with Gasteiger partial charge in [0.15, 0.2) is 0 Å². The third-order valence-corrected chi connectivity index (χ3v) is 9.39. The largest absolute Gasteiger partial charge is 0.462 e. The molecule has 0 bridgehead atoms. The van der Waals surface area contributed by atoms with Crippen molar-refractivity contribution in [1.29, 1.82) is 0 Å². The van der Waals surface area contributed by atoms with E-state index in [0.29, 0.717) is 11.1 Å². The summed E-state index contributed by atoms with van der Waals surface area (Å²) in [7, 11) is 0. The van der Waals surface area contributed by atoms with E-state index in [2.05, 4.69) is 10.3 Å². The topological polar surface area (TPSA) is 138 Å². The molecule has 0 saturated carbocycles. The van der Waals surface area contributed by atoms with Gasteiger partial charge in [-0.1, -0.05) is 60.7 Å². The average Bonchev–Trinajstić information content (AvgIpc) is 3.47. The lowest BCUT2D eigenvalue weighted by Gasteiger charge is -2.33. The van der Waals surface area contributed by atoms with Crippen molar-refractivity contribution in [1.82, 2.24) is 10.3 Å². The maximum Gasteiger partial charge on any atom is 0.431 e. The number of H-pyrrole nitrogens is 1. The Morgan fingerprint density at radius 2 is 1.31 bits per heavy atom. The summed E-state index contributed by atoms with van der Waals surface area (Å²) >= 11 is 0. The highest BCUT2D eigenvalue weighted by Gasteiger charge is 2.43. The summed E-state index contributed by atoms with van der Waals surface area (Å²) in [4.78, 5) is 41.5. The Morgan fingerprint density at radius 3 is 1.82 bits per heavy atom. The molecule has 1 amide bonds. The lowest BCUT2D eigenvalue weighted by molar-refractivity contribution is -0.162. The van der Waals surface area contributed by atoms with E-state index in [4.69, 9.17) is 9.47 Å². The SMILES string of the molecule is O=C1CC(O)CC(C(CNC(=O)c2c(-c3ccc(F)cc3)[nH]c(C(F)(F)F)c2CC(c2ccccc2)C2CC(O)CC(=O)O2)c2ccccc2)O1. The van der Waals surface area contributed by atoms with Gasteiger partial charge in [0.1, 0.15) is 23.7 Å². The number of ether oxygens (including phenoxy) is 2.